The third kappa shape index (κ3) is 4.26. The molecule has 0 unspecified atom stereocenters. The molecule has 1 aromatic carbocycles. The fraction of sp³-hybridized carbons (Fsp3) is 0.222. The van der Waals surface area contributed by atoms with Gasteiger partial charge in [0.2, 0.25) is 11.8 Å². The van der Waals surface area contributed by atoms with E-state index in [1.54, 1.807) is 13.0 Å². The Kier molecular flexibility index (Phi) is 4.82. The van der Waals surface area contributed by atoms with E-state index in [-0.39, 0.29) is 11.8 Å². The van der Waals surface area contributed by atoms with Gasteiger partial charge in [-0.05, 0) is 30.7 Å². The zero-order chi connectivity index (χ0) is 20.7. The van der Waals surface area contributed by atoms with Crippen LogP contribution in [0.2, 0.25) is 0 Å². The number of aromatic nitrogens is 3. The molecule has 2 heterocycles. The van der Waals surface area contributed by atoms with E-state index in [0.717, 1.165) is 22.9 Å². The number of benzene rings is 1. The van der Waals surface area contributed by atoms with Crippen molar-refractivity contribution in [2.75, 3.05) is 0 Å². The second-order valence-electron chi connectivity index (χ2n) is 6.03. The van der Waals surface area contributed by atoms with Gasteiger partial charge in [-0.3, -0.25) is 0 Å². The number of ether oxygens (including phenoxy) is 1. The number of aryl methyl sites for hydroxylation is 2. The van der Waals surface area contributed by atoms with E-state index in [4.69, 9.17) is 4.74 Å². The Bertz CT molecular complexity index is 990. The summed E-state index contributed by atoms with van der Waals surface area (Å²) in [5, 5.41) is 3.35. The van der Waals surface area contributed by atoms with Gasteiger partial charge in [0, 0.05) is 24.7 Å². The van der Waals surface area contributed by atoms with Crippen molar-refractivity contribution in [2.24, 2.45) is 7.05 Å². The highest BCUT2D eigenvalue weighted by atomic mass is 19.4. The van der Waals surface area contributed by atoms with E-state index in [1.165, 1.54) is 25.2 Å². The van der Waals surface area contributed by atoms with E-state index in [2.05, 4.69) is 10.1 Å². The minimum atomic E-state index is -4.62. The lowest BCUT2D eigenvalue weighted by Gasteiger charge is -2.10. The Hall–Kier alpha value is -3.04. The molecular weight excluding hydrogens is 388 g/mol. The molecule has 0 bridgehead atoms. The maximum Gasteiger partial charge on any atom is 0.435 e. The molecule has 0 saturated heterocycles. The molecule has 4 nitrogen and oxygen atoms in total. The Balaban J connectivity index is 1.91. The van der Waals surface area contributed by atoms with Gasteiger partial charge >= 0.3 is 12.4 Å². The Labute approximate surface area is 155 Å². The van der Waals surface area contributed by atoms with Crippen molar-refractivity contribution in [3.05, 3.63) is 59.3 Å². The summed E-state index contributed by atoms with van der Waals surface area (Å²) >= 11 is 0. The van der Waals surface area contributed by atoms with E-state index >= 15 is 0 Å². The van der Waals surface area contributed by atoms with Crippen LogP contribution in [0, 0.1) is 6.92 Å². The van der Waals surface area contributed by atoms with E-state index < -0.39 is 23.6 Å². The fourth-order valence-electron chi connectivity index (χ4n) is 2.46. The van der Waals surface area contributed by atoms with Crippen molar-refractivity contribution in [1.29, 1.82) is 0 Å². The molecule has 0 aliphatic heterocycles. The molecular formula is C18H13F6N3O. The first-order chi connectivity index (χ1) is 12.9. The summed E-state index contributed by atoms with van der Waals surface area (Å²) in [6, 6.07) is 8.24. The molecule has 2 aromatic heterocycles. The average molecular weight is 401 g/mol. The second kappa shape index (κ2) is 6.84. The predicted octanol–water partition coefficient (Wildman–Crippen LogP) is 5.62. The first kappa shape index (κ1) is 19.7. The number of hydrogen-bond donors (Lipinski definition) is 0. The fourth-order valence-corrected chi connectivity index (χ4v) is 2.46. The van der Waals surface area contributed by atoms with Crippen LogP contribution in [0.4, 0.5) is 26.3 Å². The minimum absolute atomic E-state index is 0.00776. The van der Waals surface area contributed by atoms with E-state index in [1.807, 2.05) is 0 Å². The molecule has 28 heavy (non-hydrogen) atoms. The molecule has 0 radical (unpaired) electrons. The average Bonchev–Trinajstić information content (AvgIpc) is 2.95. The zero-order valence-corrected chi connectivity index (χ0v) is 14.6. The van der Waals surface area contributed by atoms with Crippen molar-refractivity contribution in [2.45, 2.75) is 19.3 Å². The van der Waals surface area contributed by atoms with Gasteiger partial charge in [0.05, 0.1) is 11.3 Å². The lowest BCUT2D eigenvalue weighted by molar-refractivity contribution is -0.141. The van der Waals surface area contributed by atoms with Gasteiger partial charge in [-0.2, -0.15) is 31.4 Å². The van der Waals surface area contributed by atoms with Crippen LogP contribution < -0.4 is 4.74 Å². The molecule has 0 N–H and O–H groups in total. The first-order valence-electron chi connectivity index (χ1n) is 7.89. The van der Waals surface area contributed by atoms with Gasteiger partial charge in [-0.15, -0.1) is 0 Å². The van der Waals surface area contributed by atoms with Gasteiger partial charge in [-0.1, -0.05) is 12.1 Å². The maximum atomic E-state index is 12.8. The van der Waals surface area contributed by atoms with Gasteiger partial charge in [-0.25, -0.2) is 9.67 Å². The summed E-state index contributed by atoms with van der Waals surface area (Å²) in [6.07, 6.45) is -9.08. The molecule has 0 atom stereocenters. The Morgan fingerprint density at radius 2 is 1.54 bits per heavy atom. The third-order valence-corrected chi connectivity index (χ3v) is 3.79. The summed E-state index contributed by atoms with van der Waals surface area (Å²) in [5.41, 5.74) is -0.516. The SMILES string of the molecule is Cc1cc(Oc2cc(C(F)(F)F)nn2C)nc(-c2ccc(C(F)(F)F)cc2)c1. The minimum Gasteiger partial charge on any atom is -0.421 e. The highest BCUT2D eigenvalue weighted by Gasteiger charge is 2.35. The van der Waals surface area contributed by atoms with Gasteiger partial charge in [0.25, 0.3) is 0 Å². The predicted molar refractivity (Wildman–Crippen MR) is 87.7 cm³/mol. The van der Waals surface area contributed by atoms with Crippen LogP contribution in [0.5, 0.6) is 11.8 Å². The van der Waals surface area contributed by atoms with E-state index in [0.29, 0.717) is 16.8 Å². The van der Waals surface area contributed by atoms with Crippen molar-refractivity contribution in [3.8, 4) is 23.0 Å². The van der Waals surface area contributed by atoms with Crippen molar-refractivity contribution in [3.63, 3.8) is 0 Å². The number of halogens is 6. The molecule has 0 aliphatic carbocycles. The monoisotopic (exact) mass is 401 g/mol. The quantitative estimate of drug-likeness (QED) is 0.535. The summed E-state index contributed by atoms with van der Waals surface area (Å²) in [6.45, 7) is 1.70. The second-order valence-corrected chi connectivity index (χ2v) is 6.03. The lowest BCUT2D eigenvalue weighted by atomic mass is 10.1. The standard InChI is InChI=1S/C18H13F6N3O/c1-10-7-13(11-3-5-12(6-4-11)17(19,20)21)25-15(8-10)28-16-9-14(18(22,23)24)26-27(16)2/h3-9H,1-2H3. The van der Waals surface area contributed by atoms with Crippen molar-refractivity contribution < 1.29 is 31.1 Å². The largest absolute Gasteiger partial charge is 0.435 e. The molecule has 3 rings (SSSR count). The lowest BCUT2D eigenvalue weighted by Crippen LogP contribution is -2.06. The summed E-state index contributed by atoms with van der Waals surface area (Å²) in [4.78, 5) is 4.18. The number of rotatable bonds is 3. The third-order valence-electron chi connectivity index (χ3n) is 3.79. The van der Waals surface area contributed by atoms with Crippen LogP contribution in [-0.4, -0.2) is 14.8 Å². The highest BCUT2D eigenvalue weighted by molar-refractivity contribution is 5.61. The summed E-state index contributed by atoms with van der Waals surface area (Å²) < 4.78 is 82.7. The normalized spacial score (nSPS) is 12.3. The van der Waals surface area contributed by atoms with Crippen LogP contribution in [0.3, 0.4) is 0 Å². The van der Waals surface area contributed by atoms with Crippen LogP contribution in [0.25, 0.3) is 11.3 Å². The molecule has 148 valence electrons. The topological polar surface area (TPSA) is 39.9 Å². The van der Waals surface area contributed by atoms with Gasteiger partial charge in [0.1, 0.15) is 0 Å². The van der Waals surface area contributed by atoms with Crippen molar-refractivity contribution in [1.82, 2.24) is 14.8 Å². The molecule has 0 amide bonds. The number of pyridine rings is 1. The van der Waals surface area contributed by atoms with Gasteiger partial charge in [0.15, 0.2) is 5.69 Å². The summed E-state index contributed by atoms with van der Waals surface area (Å²) in [5.74, 6) is -0.185. The van der Waals surface area contributed by atoms with Crippen LogP contribution in [0.1, 0.15) is 16.8 Å². The Morgan fingerprint density at radius 3 is 2.07 bits per heavy atom. The van der Waals surface area contributed by atoms with Crippen LogP contribution in [0.15, 0.2) is 42.5 Å². The van der Waals surface area contributed by atoms with Crippen molar-refractivity contribution >= 4 is 0 Å². The summed E-state index contributed by atoms with van der Waals surface area (Å²) in [7, 11) is 1.29. The number of nitrogens with zero attached hydrogens (tertiary/aromatic N) is 3. The van der Waals surface area contributed by atoms with Crippen LogP contribution >= 0.6 is 0 Å². The first-order valence-corrected chi connectivity index (χ1v) is 7.89. The molecule has 0 saturated carbocycles. The van der Waals surface area contributed by atoms with Crippen LogP contribution in [-0.2, 0) is 19.4 Å². The maximum absolute atomic E-state index is 12.8. The Morgan fingerprint density at radius 1 is 0.893 bits per heavy atom. The molecule has 3 aromatic rings. The van der Waals surface area contributed by atoms with E-state index in [9.17, 15) is 26.3 Å². The molecule has 0 aliphatic rings. The molecule has 10 heteroatoms. The highest BCUT2D eigenvalue weighted by Crippen LogP contribution is 2.33. The molecule has 0 fully saturated rings. The van der Waals surface area contributed by atoms with Gasteiger partial charge < -0.3 is 4.74 Å². The number of alkyl halides is 6. The molecule has 0 spiro atoms. The smallest absolute Gasteiger partial charge is 0.421 e. The zero-order valence-electron chi connectivity index (χ0n) is 14.6. The number of hydrogen-bond acceptors (Lipinski definition) is 3.